The minimum Gasteiger partial charge on any atom is -0.497 e. The van der Waals surface area contributed by atoms with Crippen molar-refractivity contribution in [1.82, 2.24) is 14.8 Å². The fraction of sp³-hybridized carbons (Fsp3) is 0.286. The Kier molecular flexibility index (Phi) is 5.41. The Morgan fingerprint density at radius 2 is 1.90 bits per heavy atom. The zero-order valence-electron chi connectivity index (χ0n) is 16.1. The van der Waals surface area contributed by atoms with E-state index in [1.807, 2.05) is 9.58 Å². The molecule has 1 amide bonds. The van der Waals surface area contributed by atoms with Gasteiger partial charge in [0.05, 0.1) is 19.3 Å². The number of benzene rings is 1. The first-order valence-electron chi connectivity index (χ1n) is 9.50. The number of hydrogen-bond acceptors (Lipinski definition) is 5. The van der Waals surface area contributed by atoms with Crippen molar-refractivity contribution < 1.29 is 13.9 Å². The second kappa shape index (κ2) is 8.30. The number of pyridine rings is 1. The van der Waals surface area contributed by atoms with Gasteiger partial charge in [0.1, 0.15) is 11.6 Å². The van der Waals surface area contributed by atoms with Gasteiger partial charge in [-0.05, 0) is 49.2 Å². The van der Waals surface area contributed by atoms with E-state index in [1.165, 1.54) is 6.07 Å². The number of amides is 1. The largest absolute Gasteiger partial charge is 0.497 e. The second-order valence-corrected chi connectivity index (χ2v) is 6.87. The smallest absolute Gasteiger partial charge is 0.256 e. The molecule has 0 radical (unpaired) electrons. The molecule has 2 aromatic heterocycles. The van der Waals surface area contributed by atoms with Crippen molar-refractivity contribution in [3.8, 4) is 5.75 Å². The third-order valence-corrected chi connectivity index (χ3v) is 5.11. The molecular weight excluding hydrogens is 373 g/mol. The number of ether oxygens (including phenoxy) is 1. The predicted molar refractivity (Wildman–Crippen MR) is 108 cm³/mol. The van der Waals surface area contributed by atoms with Crippen molar-refractivity contribution in [3.05, 3.63) is 66.2 Å². The molecule has 1 saturated heterocycles. The van der Waals surface area contributed by atoms with Gasteiger partial charge in [-0.2, -0.15) is 5.10 Å². The Morgan fingerprint density at radius 3 is 2.59 bits per heavy atom. The molecule has 0 bridgehead atoms. The molecule has 3 heterocycles. The first kappa shape index (κ1) is 18.9. The summed E-state index contributed by atoms with van der Waals surface area (Å²) in [6.07, 6.45) is 4.84. The highest BCUT2D eigenvalue weighted by Gasteiger charge is 2.25. The van der Waals surface area contributed by atoms with E-state index in [0.29, 0.717) is 36.0 Å². The zero-order valence-corrected chi connectivity index (χ0v) is 16.1. The molecule has 0 saturated carbocycles. The summed E-state index contributed by atoms with van der Waals surface area (Å²) in [5, 5.41) is 7.33. The van der Waals surface area contributed by atoms with Crippen molar-refractivity contribution in [2.45, 2.75) is 18.9 Å². The van der Waals surface area contributed by atoms with Gasteiger partial charge in [0.2, 0.25) is 0 Å². The highest BCUT2D eigenvalue weighted by atomic mass is 19.1. The maximum Gasteiger partial charge on any atom is 0.256 e. The fourth-order valence-electron chi connectivity index (χ4n) is 3.57. The molecular formula is C21H22FN5O2. The lowest BCUT2D eigenvalue weighted by atomic mass is 10.1. The van der Waals surface area contributed by atoms with Crippen molar-refractivity contribution in [2.75, 3.05) is 30.4 Å². The summed E-state index contributed by atoms with van der Waals surface area (Å²) in [5.74, 6) is 1.22. The molecule has 3 aromatic rings. The van der Waals surface area contributed by atoms with Crippen LogP contribution in [0.25, 0.3) is 0 Å². The number of carbonyl (C=O) groups is 1. The zero-order chi connectivity index (χ0) is 20.2. The molecule has 1 aliphatic rings. The van der Waals surface area contributed by atoms with Crippen LogP contribution < -0.4 is 15.0 Å². The molecule has 0 spiro atoms. The molecule has 150 valence electrons. The molecule has 29 heavy (non-hydrogen) atoms. The summed E-state index contributed by atoms with van der Waals surface area (Å²) < 4.78 is 20.9. The number of rotatable bonds is 5. The van der Waals surface area contributed by atoms with Crippen LogP contribution in [-0.4, -0.2) is 40.9 Å². The SMILES string of the molecule is COc1ccc(C(=O)Nc2ccnn2C2CCN(c3ncccc3F)CC2)cc1. The number of anilines is 2. The number of piperidine rings is 1. The van der Waals surface area contributed by atoms with Crippen LogP contribution in [0, 0.1) is 5.82 Å². The molecule has 8 heteroatoms. The molecule has 1 aliphatic heterocycles. The van der Waals surface area contributed by atoms with E-state index < -0.39 is 0 Å². The molecule has 1 fully saturated rings. The standard InChI is InChI=1S/C21H22FN5O2/c1-29-17-6-4-15(5-7-17)21(28)25-19-8-12-24-27(19)16-9-13-26(14-10-16)20-18(22)3-2-11-23-20/h2-8,11-12,16H,9-10,13-14H2,1H3,(H,25,28). The summed E-state index contributed by atoms with van der Waals surface area (Å²) in [4.78, 5) is 18.7. The van der Waals surface area contributed by atoms with Gasteiger partial charge in [0.25, 0.3) is 5.91 Å². The number of nitrogens with zero attached hydrogens (tertiary/aromatic N) is 4. The van der Waals surface area contributed by atoms with Crippen molar-refractivity contribution in [1.29, 1.82) is 0 Å². The van der Waals surface area contributed by atoms with E-state index in [9.17, 15) is 9.18 Å². The van der Waals surface area contributed by atoms with Crippen LogP contribution in [0.5, 0.6) is 5.75 Å². The van der Waals surface area contributed by atoms with Gasteiger partial charge in [-0.3, -0.25) is 4.79 Å². The van der Waals surface area contributed by atoms with E-state index in [0.717, 1.165) is 12.8 Å². The van der Waals surface area contributed by atoms with Crippen molar-refractivity contribution in [2.24, 2.45) is 0 Å². The van der Waals surface area contributed by atoms with Gasteiger partial charge in [0.15, 0.2) is 11.6 Å². The van der Waals surface area contributed by atoms with Gasteiger partial charge in [-0.15, -0.1) is 0 Å². The quantitative estimate of drug-likeness (QED) is 0.716. The average molecular weight is 395 g/mol. The van der Waals surface area contributed by atoms with Crippen LogP contribution in [0.1, 0.15) is 29.2 Å². The van der Waals surface area contributed by atoms with E-state index in [-0.39, 0.29) is 17.8 Å². The number of hydrogen-bond donors (Lipinski definition) is 1. The van der Waals surface area contributed by atoms with Crippen LogP contribution >= 0.6 is 0 Å². The molecule has 1 aromatic carbocycles. The Labute approximate surface area is 168 Å². The maximum absolute atomic E-state index is 14.0. The monoisotopic (exact) mass is 395 g/mol. The van der Waals surface area contributed by atoms with Crippen LogP contribution in [0.4, 0.5) is 16.0 Å². The summed E-state index contributed by atoms with van der Waals surface area (Å²) >= 11 is 0. The number of aromatic nitrogens is 3. The Balaban J connectivity index is 1.42. The van der Waals surface area contributed by atoms with E-state index >= 15 is 0 Å². The van der Waals surface area contributed by atoms with Gasteiger partial charge < -0.3 is 15.0 Å². The van der Waals surface area contributed by atoms with Crippen molar-refractivity contribution in [3.63, 3.8) is 0 Å². The van der Waals surface area contributed by atoms with Crippen LogP contribution in [0.3, 0.4) is 0 Å². The summed E-state index contributed by atoms with van der Waals surface area (Å²) in [6.45, 7) is 1.34. The summed E-state index contributed by atoms with van der Waals surface area (Å²) in [6, 6.07) is 11.9. The first-order chi connectivity index (χ1) is 14.2. The minimum absolute atomic E-state index is 0.124. The van der Waals surface area contributed by atoms with Gasteiger partial charge in [0, 0.05) is 30.9 Å². The highest BCUT2D eigenvalue weighted by Crippen LogP contribution is 2.28. The Hall–Kier alpha value is -3.42. The van der Waals surface area contributed by atoms with E-state index in [1.54, 1.807) is 55.9 Å². The fourth-order valence-corrected chi connectivity index (χ4v) is 3.57. The molecule has 0 aliphatic carbocycles. The van der Waals surface area contributed by atoms with Gasteiger partial charge >= 0.3 is 0 Å². The van der Waals surface area contributed by atoms with Gasteiger partial charge in [-0.1, -0.05) is 0 Å². The predicted octanol–water partition coefficient (Wildman–Crippen LogP) is 3.52. The minimum atomic E-state index is -0.308. The normalized spacial score (nSPS) is 14.6. The lowest BCUT2D eigenvalue weighted by molar-refractivity contribution is 0.102. The average Bonchev–Trinajstić information content (AvgIpc) is 3.22. The van der Waals surface area contributed by atoms with E-state index in [4.69, 9.17) is 4.74 Å². The Bertz CT molecular complexity index is 981. The third-order valence-electron chi connectivity index (χ3n) is 5.11. The van der Waals surface area contributed by atoms with E-state index in [2.05, 4.69) is 15.4 Å². The van der Waals surface area contributed by atoms with Crippen molar-refractivity contribution >= 4 is 17.5 Å². The molecule has 0 atom stereocenters. The lowest BCUT2D eigenvalue weighted by Gasteiger charge is -2.33. The Morgan fingerprint density at radius 1 is 1.14 bits per heavy atom. The highest BCUT2D eigenvalue weighted by molar-refractivity contribution is 6.03. The van der Waals surface area contributed by atoms with Gasteiger partial charge in [-0.25, -0.2) is 14.1 Å². The summed E-state index contributed by atoms with van der Waals surface area (Å²) in [5.41, 5.74) is 0.541. The molecule has 7 nitrogen and oxygen atoms in total. The molecule has 0 unspecified atom stereocenters. The second-order valence-electron chi connectivity index (χ2n) is 6.87. The number of methoxy groups -OCH3 is 1. The number of nitrogens with one attached hydrogen (secondary N) is 1. The summed E-state index contributed by atoms with van der Waals surface area (Å²) in [7, 11) is 1.58. The molecule has 1 N–H and O–H groups in total. The van der Waals surface area contributed by atoms with Crippen LogP contribution in [-0.2, 0) is 0 Å². The number of halogens is 1. The lowest BCUT2D eigenvalue weighted by Crippen LogP contribution is -2.36. The van der Waals surface area contributed by atoms with Crippen LogP contribution in [0.2, 0.25) is 0 Å². The first-order valence-corrected chi connectivity index (χ1v) is 9.50. The maximum atomic E-state index is 14.0. The van der Waals surface area contributed by atoms with Crippen LogP contribution in [0.15, 0.2) is 54.9 Å². The molecule has 4 rings (SSSR count). The number of carbonyl (C=O) groups excluding carboxylic acids is 1. The topological polar surface area (TPSA) is 72.3 Å². The third kappa shape index (κ3) is 4.06.